The average Bonchev–Trinajstić information content (AvgIpc) is 3.01. The lowest BCUT2D eigenvalue weighted by atomic mass is 10.2. The highest BCUT2D eigenvalue weighted by Crippen LogP contribution is 2.29. The van der Waals surface area contributed by atoms with Crippen LogP contribution in [0.1, 0.15) is 23.7 Å². The molecule has 0 saturated carbocycles. The van der Waals surface area contributed by atoms with Crippen molar-refractivity contribution < 1.29 is 0 Å². The molecule has 1 aromatic carbocycles. The van der Waals surface area contributed by atoms with E-state index >= 15 is 0 Å². The molecule has 3 nitrogen and oxygen atoms in total. The number of aryl methyl sites for hydroxylation is 1. The Morgan fingerprint density at radius 2 is 2.21 bits per heavy atom. The Bertz CT molecular complexity index is 650. The Balaban J connectivity index is 1.73. The smallest absolute Gasteiger partial charge is 0.122 e. The van der Waals surface area contributed by atoms with Crippen LogP contribution in [0.15, 0.2) is 42.7 Å². The second-order valence-electron chi connectivity index (χ2n) is 4.74. The van der Waals surface area contributed by atoms with Gasteiger partial charge in [-0.2, -0.15) is 0 Å². The van der Waals surface area contributed by atoms with E-state index in [2.05, 4.69) is 47.6 Å². The minimum absolute atomic E-state index is 0.342. The first-order valence-electron chi connectivity index (χ1n) is 6.42. The topological polar surface area (TPSA) is 29.9 Å². The number of benzene rings is 1. The van der Waals surface area contributed by atoms with E-state index in [1.165, 1.54) is 15.0 Å². The zero-order valence-corrected chi connectivity index (χ0v) is 11.9. The van der Waals surface area contributed by atoms with Crippen molar-refractivity contribution in [1.29, 1.82) is 0 Å². The van der Waals surface area contributed by atoms with Gasteiger partial charge in [-0.05, 0) is 24.4 Å². The van der Waals surface area contributed by atoms with Crippen molar-refractivity contribution in [3.63, 3.8) is 0 Å². The molecule has 98 valence electrons. The van der Waals surface area contributed by atoms with Crippen molar-refractivity contribution in [2.24, 2.45) is 7.05 Å². The fourth-order valence-electron chi connectivity index (χ4n) is 2.13. The number of imidazole rings is 1. The molecule has 1 atom stereocenters. The summed E-state index contributed by atoms with van der Waals surface area (Å²) in [6.07, 6.45) is 3.81. The number of fused-ring (bicyclic) bond motifs is 1. The lowest BCUT2D eigenvalue weighted by molar-refractivity contribution is 0.556. The number of hydrogen-bond donors (Lipinski definition) is 1. The molecule has 2 heterocycles. The fraction of sp³-hybridized carbons (Fsp3) is 0.267. The largest absolute Gasteiger partial charge is 0.337 e. The van der Waals surface area contributed by atoms with E-state index in [1.807, 2.05) is 35.3 Å². The molecule has 4 heteroatoms. The van der Waals surface area contributed by atoms with Crippen molar-refractivity contribution in [1.82, 2.24) is 14.9 Å². The highest BCUT2D eigenvalue weighted by atomic mass is 32.1. The van der Waals surface area contributed by atoms with Gasteiger partial charge >= 0.3 is 0 Å². The summed E-state index contributed by atoms with van der Waals surface area (Å²) >= 11 is 1.86. The second kappa shape index (κ2) is 5.15. The Morgan fingerprint density at radius 3 is 2.95 bits per heavy atom. The van der Waals surface area contributed by atoms with Gasteiger partial charge in [0.15, 0.2) is 0 Å². The number of thiophene rings is 1. The standard InChI is InChI=1S/C15H17N3S/c1-11(17-10-15-16-7-8-18(15)2)14-9-12-5-3-4-6-13(12)19-14/h3-9,11,17H,10H2,1-2H3. The maximum absolute atomic E-state index is 4.33. The zero-order valence-electron chi connectivity index (χ0n) is 11.1. The Labute approximate surface area is 116 Å². The van der Waals surface area contributed by atoms with Crippen molar-refractivity contribution in [3.05, 3.63) is 53.4 Å². The summed E-state index contributed by atoms with van der Waals surface area (Å²) in [7, 11) is 2.02. The van der Waals surface area contributed by atoms with Crippen LogP contribution in [-0.2, 0) is 13.6 Å². The number of rotatable bonds is 4. The first-order chi connectivity index (χ1) is 9.24. The molecule has 1 unspecified atom stereocenters. The van der Waals surface area contributed by atoms with Gasteiger partial charge in [-0.3, -0.25) is 0 Å². The van der Waals surface area contributed by atoms with Gasteiger partial charge in [-0.25, -0.2) is 4.98 Å². The molecule has 1 N–H and O–H groups in total. The maximum Gasteiger partial charge on any atom is 0.122 e. The number of aromatic nitrogens is 2. The van der Waals surface area contributed by atoms with Crippen molar-refractivity contribution in [2.45, 2.75) is 19.5 Å². The molecule has 0 fully saturated rings. The highest BCUT2D eigenvalue weighted by Gasteiger charge is 2.10. The van der Waals surface area contributed by atoms with Crippen molar-refractivity contribution in [3.8, 4) is 0 Å². The Hall–Kier alpha value is -1.65. The van der Waals surface area contributed by atoms with Gasteiger partial charge in [0.05, 0.1) is 6.54 Å². The maximum atomic E-state index is 4.33. The van der Waals surface area contributed by atoms with Gasteiger partial charge in [-0.15, -0.1) is 11.3 Å². The first-order valence-corrected chi connectivity index (χ1v) is 7.24. The van der Waals surface area contributed by atoms with Crippen LogP contribution < -0.4 is 5.32 Å². The molecule has 0 radical (unpaired) electrons. The van der Waals surface area contributed by atoms with Crippen LogP contribution in [0.25, 0.3) is 10.1 Å². The number of nitrogens with one attached hydrogen (secondary N) is 1. The number of hydrogen-bond acceptors (Lipinski definition) is 3. The zero-order chi connectivity index (χ0) is 13.2. The summed E-state index contributed by atoms with van der Waals surface area (Å²) in [5.41, 5.74) is 0. The lowest BCUT2D eigenvalue weighted by Crippen LogP contribution is -2.19. The predicted octanol–water partition coefficient (Wildman–Crippen LogP) is 3.49. The van der Waals surface area contributed by atoms with E-state index in [9.17, 15) is 0 Å². The van der Waals surface area contributed by atoms with Crippen LogP contribution in [0.4, 0.5) is 0 Å². The summed E-state index contributed by atoms with van der Waals surface area (Å²) < 4.78 is 3.40. The van der Waals surface area contributed by atoms with Gasteiger partial charge in [-0.1, -0.05) is 18.2 Å². The second-order valence-corrected chi connectivity index (χ2v) is 5.86. The van der Waals surface area contributed by atoms with Gasteiger partial charge in [0.25, 0.3) is 0 Å². The van der Waals surface area contributed by atoms with Gasteiger partial charge < -0.3 is 9.88 Å². The third kappa shape index (κ3) is 2.55. The fourth-order valence-corrected chi connectivity index (χ4v) is 3.22. The summed E-state index contributed by atoms with van der Waals surface area (Å²) in [4.78, 5) is 5.70. The summed E-state index contributed by atoms with van der Waals surface area (Å²) in [5, 5.41) is 4.86. The van der Waals surface area contributed by atoms with Crippen LogP contribution in [0.5, 0.6) is 0 Å². The van der Waals surface area contributed by atoms with Crippen LogP contribution in [0.3, 0.4) is 0 Å². The minimum atomic E-state index is 0.342. The third-order valence-corrected chi connectivity index (χ3v) is 4.66. The van der Waals surface area contributed by atoms with E-state index in [0.29, 0.717) is 6.04 Å². The van der Waals surface area contributed by atoms with Gasteiger partial charge in [0.1, 0.15) is 5.82 Å². The molecule has 0 spiro atoms. The number of nitrogens with zero attached hydrogens (tertiary/aromatic N) is 2. The van der Waals surface area contributed by atoms with Crippen molar-refractivity contribution in [2.75, 3.05) is 0 Å². The van der Waals surface area contributed by atoms with Crippen LogP contribution in [0, 0.1) is 0 Å². The highest BCUT2D eigenvalue weighted by molar-refractivity contribution is 7.19. The molecule has 2 aromatic heterocycles. The van der Waals surface area contributed by atoms with E-state index in [0.717, 1.165) is 12.4 Å². The SMILES string of the molecule is CC(NCc1nccn1C)c1cc2ccccc2s1. The quantitative estimate of drug-likeness (QED) is 0.787. The molecule has 0 aliphatic heterocycles. The molecule has 0 amide bonds. The monoisotopic (exact) mass is 271 g/mol. The molecular weight excluding hydrogens is 254 g/mol. The van der Waals surface area contributed by atoms with E-state index < -0.39 is 0 Å². The molecular formula is C15H17N3S. The molecule has 3 aromatic rings. The van der Waals surface area contributed by atoms with Crippen LogP contribution in [-0.4, -0.2) is 9.55 Å². The summed E-state index contributed by atoms with van der Waals surface area (Å²) in [5.74, 6) is 1.06. The van der Waals surface area contributed by atoms with E-state index in [4.69, 9.17) is 0 Å². The lowest BCUT2D eigenvalue weighted by Gasteiger charge is -2.11. The molecule has 0 aliphatic rings. The van der Waals surface area contributed by atoms with Gasteiger partial charge in [0.2, 0.25) is 0 Å². The van der Waals surface area contributed by atoms with Gasteiger partial charge in [0, 0.05) is 35.1 Å². The van der Waals surface area contributed by atoms with E-state index in [1.54, 1.807) is 0 Å². The molecule has 0 aliphatic carbocycles. The van der Waals surface area contributed by atoms with Crippen molar-refractivity contribution >= 4 is 21.4 Å². The minimum Gasteiger partial charge on any atom is -0.337 e. The molecule has 0 bridgehead atoms. The van der Waals surface area contributed by atoms with Crippen LogP contribution in [0.2, 0.25) is 0 Å². The molecule has 19 heavy (non-hydrogen) atoms. The third-order valence-electron chi connectivity index (χ3n) is 3.36. The molecule has 0 saturated heterocycles. The Morgan fingerprint density at radius 1 is 1.37 bits per heavy atom. The normalized spacial score (nSPS) is 12.9. The van der Waals surface area contributed by atoms with Crippen LogP contribution >= 0.6 is 11.3 Å². The average molecular weight is 271 g/mol. The first kappa shape index (κ1) is 12.4. The predicted molar refractivity (Wildman–Crippen MR) is 80.3 cm³/mol. The Kier molecular flexibility index (Phi) is 3.36. The summed E-state index contributed by atoms with van der Waals surface area (Å²) in [6.45, 7) is 2.99. The summed E-state index contributed by atoms with van der Waals surface area (Å²) in [6, 6.07) is 11.1. The van der Waals surface area contributed by atoms with E-state index in [-0.39, 0.29) is 0 Å². The molecule has 3 rings (SSSR count).